The Morgan fingerprint density at radius 3 is 2.46 bits per heavy atom. The molecule has 1 heterocycles. The summed E-state index contributed by atoms with van der Waals surface area (Å²) in [5, 5.41) is 11.3. The van der Waals surface area contributed by atoms with E-state index in [4.69, 9.17) is 14.7 Å². The van der Waals surface area contributed by atoms with Crippen molar-refractivity contribution < 1.29 is 14.3 Å². The summed E-state index contributed by atoms with van der Waals surface area (Å²) < 4.78 is 10.8. The van der Waals surface area contributed by atoms with Crippen molar-refractivity contribution in [3.05, 3.63) is 53.1 Å². The minimum absolute atomic E-state index is 0.130. The van der Waals surface area contributed by atoms with Gasteiger partial charge in [-0.05, 0) is 53.8 Å². The molecule has 2 aromatic rings. The van der Waals surface area contributed by atoms with Crippen molar-refractivity contribution in [2.45, 2.75) is 25.8 Å². The summed E-state index contributed by atoms with van der Waals surface area (Å²) in [6.07, 6.45) is 1.81. The molecule has 28 heavy (non-hydrogen) atoms. The van der Waals surface area contributed by atoms with Crippen LogP contribution in [0.4, 0.5) is 5.69 Å². The van der Waals surface area contributed by atoms with Crippen LogP contribution in [0.1, 0.15) is 23.1 Å². The molecule has 0 unspecified atom stereocenters. The zero-order valence-electron chi connectivity index (χ0n) is 16.3. The van der Waals surface area contributed by atoms with Gasteiger partial charge in [-0.2, -0.15) is 5.26 Å². The van der Waals surface area contributed by atoms with Crippen LogP contribution in [0, 0.1) is 11.3 Å². The van der Waals surface area contributed by atoms with E-state index in [-0.39, 0.29) is 12.3 Å². The molecule has 0 saturated heterocycles. The number of carbonyl (C=O) groups excluding carboxylic acids is 1. The van der Waals surface area contributed by atoms with E-state index >= 15 is 0 Å². The van der Waals surface area contributed by atoms with Gasteiger partial charge in [-0.15, -0.1) is 0 Å². The van der Waals surface area contributed by atoms with E-state index in [9.17, 15) is 4.79 Å². The third-order valence-electron chi connectivity index (χ3n) is 4.99. The van der Waals surface area contributed by atoms with Gasteiger partial charge in [-0.3, -0.25) is 9.69 Å². The van der Waals surface area contributed by atoms with Crippen LogP contribution in [-0.4, -0.2) is 38.1 Å². The van der Waals surface area contributed by atoms with E-state index < -0.39 is 0 Å². The minimum atomic E-state index is -0.283. The van der Waals surface area contributed by atoms with Gasteiger partial charge in [-0.25, -0.2) is 0 Å². The molecule has 0 aromatic heterocycles. The molecular formula is C22H25N3O3. The fraction of sp³-hybridized carbons (Fsp3) is 0.364. The minimum Gasteiger partial charge on any atom is -0.493 e. The normalized spacial score (nSPS) is 13.3. The quantitative estimate of drug-likeness (QED) is 0.800. The van der Waals surface area contributed by atoms with Crippen molar-refractivity contribution in [3.63, 3.8) is 0 Å². The number of amides is 1. The van der Waals surface area contributed by atoms with Crippen molar-refractivity contribution in [2.24, 2.45) is 0 Å². The Hall–Kier alpha value is -3.04. The largest absolute Gasteiger partial charge is 0.493 e. The number of benzene rings is 2. The first-order valence-electron chi connectivity index (χ1n) is 9.34. The molecule has 0 saturated carbocycles. The van der Waals surface area contributed by atoms with E-state index in [0.717, 1.165) is 49.7 Å². The van der Waals surface area contributed by atoms with Crippen molar-refractivity contribution in [1.82, 2.24) is 4.90 Å². The van der Waals surface area contributed by atoms with Crippen molar-refractivity contribution in [1.29, 1.82) is 5.26 Å². The van der Waals surface area contributed by atoms with E-state index in [1.54, 1.807) is 14.2 Å². The summed E-state index contributed by atoms with van der Waals surface area (Å²) in [5.74, 6) is 1.28. The highest BCUT2D eigenvalue weighted by atomic mass is 16.5. The number of fused-ring (bicyclic) bond motifs is 1. The van der Waals surface area contributed by atoms with E-state index in [0.29, 0.717) is 0 Å². The smallest absolute Gasteiger partial charge is 0.238 e. The fourth-order valence-corrected chi connectivity index (χ4v) is 3.45. The molecule has 1 aliphatic heterocycles. The number of nitrogens with zero attached hydrogens (tertiary/aromatic N) is 2. The van der Waals surface area contributed by atoms with E-state index in [1.165, 1.54) is 16.7 Å². The highest BCUT2D eigenvalue weighted by molar-refractivity contribution is 5.91. The molecule has 1 aliphatic rings. The third-order valence-corrected chi connectivity index (χ3v) is 4.99. The monoisotopic (exact) mass is 379 g/mol. The first-order valence-corrected chi connectivity index (χ1v) is 9.34. The Balaban J connectivity index is 1.56. The molecule has 1 N–H and O–H groups in total. The summed E-state index contributed by atoms with van der Waals surface area (Å²) in [7, 11) is 3.33. The van der Waals surface area contributed by atoms with Crippen LogP contribution < -0.4 is 14.8 Å². The number of ether oxygens (including phenoxy) is 2. The first-order chi connectivity index (χ1) is 13.6. The van der Waals surface area contributed by atoms with Crippen molar-refractivity contribution >= 4 is 11.6 Å². The van der Waals surface area contributed by atoms with Crippen LogP contribution in [0.15, 0.2) is 36.4 Å². The maximum Gasteiger partial charge on any atom is 0.238 e. The summed E-state index contributed by atoms with van der Waals surface area (Å²) in [6.45, 7) is 2.89. The summed E-state index contributed by atoms with van der Waals surface area (Å²) in [5.41, 5.74) is 4.55. The third kappa shape index (κ3) is 4.81. The average molecular weight is 379 g/mol. The lowest BCUT2D eigenvalue weighted by Crippen LogP contribution is -2.32. The summed E-state index contributed by atoms with van der Waals surface area (Å²) in [4.78, 5) is 13.9. The Labute approximate surface area is 165 Å². The first kappa shape index (κ1) is 19.7. The standard InChI is InChI=1S/C22H25N3O3/c1-27-20-13-17-9-12-25(15-18(17)14-21(20)28-2)11-8-16-3-5-19(6-4-16)24-22(26)7-10-23/h3-6,13-14H,7-9,11-12,15H2,1-2H3,(H,24,26). The zero-order chi connectivity index (χ0) is 19.9. The lowest BCUT2D eigenvalue weighted by Gasteiger charge is -2.29. The number of nitrogens with one attached hydrogen (secondary N) is 1. The molecule has 0 atom stereocenters. The predicted octanol–water partition coefficient (Wildman–Crippen LogP) is 3.16. The van der Waals surface area contributed by atoms with Crippen LogP contribution in [-0.2, 0) is 24.2 Å². The predicted molar refractivity (Wildman–Crippen MR) is 108 cm³/mol. The number of carbonyl (C=O) groups is 1. The topological polar surface area (TPSA) is 74.6 Å². The maximum absolute atomic E-state index is 11.5. The molecule has 3 rings (SSSR count). The van der Waals surface area contributed by atoms with Crippen molar-refractivity contribution in [3.8, 4) is 17.6 Å². The van der Waals surface area contributed by atoms with Crippen LogP contribution in [0.25, 0.3) is 0 Å². The van der Waals surface area contributed by atoms with Gasteiger partial charge in [0.15, 0.2) is 11.5 Å². The van der Waals surface area contributed by atoms with Crippen LogP contribution in [0.2, 0.25) is 0 Å². The van der Waals surface area contributed by atoms with Gasteiger partial charge in [0.1, 0.15) is 6.42 Å². The van der Waals surface area contributed by atoms with Crippen molar-refractivity contribution in [2.75, 3.05) is 32.6 Å². The van der Waals surface area contributed by atoms with Crippen LogP contribution in [0.5, 0.6) is 11.5 Å². The molecule has 2 aromatic carbocycles. The molecule has 0 radical (unpaired) electrons. The van der Waals surface area contributed by atoms with Crippen LogP contribution in [0.3, 0.4) is 0 Å². The number of nitriles is 1. The van der Waals surface area contributed by atoms with Gasteiger partial charge in [0, 0.05) is 25.3 Å². The molecule has 6 nitrogen and oxygen atoms in total. The summed E-state index contributed by atoms with van der Waals surface area (Å²) in [6, 6.07) is 13.8. The van der Waals surface area contributed by atoms with E-state index in [1.807, 2.05) is 30.3 Å². The number of methoxy groups -OCH3 is 2. The second-order valence-electron chi connectivity index (χ2n) is 6.83. The Morgan fingerprint density at radius 2 is 1.82 bits per heavy atom. The molecule has 0 spiro atoms. The fourth-order valence-electron chi connectivity index (χ4n) is 3.45. The maximum atomic E-state index is 11.5. The van der Waals surface area contributed by atoms with E-state index in [2.05, 4.69) is 22.3 Å². The highest BCUT2D eigenvalue weighted by Crippen LogP contribution is 2.33. The lowest BCUT2D eigenvalue weighted by molar-refractivity contribution is -0.115. The second kappa shape index (κ2) is 9.25. The second-order valence-corrected chi connectivity index (χ2v) is 6.83. The van der Waals surface area contributed by atoms with Gasteiger partial charge in [0.2, 0.25) is 5.91 Å². The molecule has 6 heteroatoms. The highest BCUT2D eigenvalue weighted by Gasteiger charge is 2.19. The van der Waals surface area contributed by atoms with Gasteiger partial charge in [0.25, 0.3) is 0 Å². The number of rotatable bonds is 7. The SMILES string of the molecule is COc1cc2c(cc1OC)CN(CCc1ccc(NC(=O)CC#N)cc1)CC2. The summed E-state index contributed by atoms with van der Waals surface area (Å²) >= 11 is 0. The zero-order valence-corrected chi connectivity index (χ0v) is 16.3. The number of hydrogen-bond donors (Lipinski definition) is 1. The molecular weight excluding hydrogens is 354 g/mol. The van der Waals surface area contributed by atoms with Crippen LogP contribution >= 0.6 is 0 Å². The van der Waals surface area contributed by atoms with Gasteiger partial charge in [0.05, 0.1) is 20.3 Å². The number of anilines is 1. The Morgan fingerprint density at radius 1 is 1.14 bits per heavy atom. The van der Waals surface area contributed by atoms with Gasteiger partial charge >= 0.3 is 0 Å². The van der Waals surface area contributed by atoms with Gasteiger partial charge < -0.3 is 14.8 Å². The number of hydrogen-bond acceptors (Lipinski definition) is 5. The lowest BCUT2D eigenvalue weighted by atomic mass is 9.98. The molecule has 0 aliphatic carbocycles. The Bertz CT molecular complexity index is 872. The average Bonchev–Trinajstić information content (AvgIpc) is 2.72. The Kier molecular flexibility index (Phi) is 6.51. The molecule has 0 bridgehead atoms. The molecule has 1 amide bonds. The molecule has 0 fully saturated rings. The molecule has 146 valence electrons. The van der Waals surface area contributed by atoms with Gasteiger partial charge in [-0.1, -0.05) is 12.1 Å².